The molecule has 1 aromatic heterocycles. The summed E-state index contributed by atoms with van der Waals surface area (Å²) >= 11 is 6.40. The monoisotopic (exact) mass is 338 g/mol. The molecule has 1 aliphatic heterocycles. The van der Waals surface area contributed by atoms with Gasteiger partial charge in [0.05, 0.1) is 7.11 Å². The summed E-state index contributed by atoms with van der Waals surface area (Å²) in [5.41, 5.74) is 2.94. The van der Waals surface area contributed by atoms with Crippen molar-refractivity contribution in [3.63, 3.8) is 0 Å². The third-order valence-corrected chi connectivity index (χ3v) is 4.36. The largest absolute Gasteiger partial charge is 0.497 e. The molecule has 6 heteroatoms. The second-order valence-electron chi connectivity index (χ2n) is 5.43. The van der Waals surface area contributed by atoms with Crippen LogP contribution in [0.4, 0.5) is 5.95 Å². The van der Waals surface area contributed by atoms with Crippen LogP contribution in [0.25, 0.3) is 5.70 Å². The number of hydrogen-bond acceptors (Lipinski definition) is 4. The van der Waals surface area contributed by atoms with Crippen molar-refractivity contribution in [3.8, 4) is 5.75 Å². The maximum absolute atomic E-state index is 6.40. The summed E-state index contributed by atoms with van der Waals surface area (Å²) in [6.45, 7) is 0. The molecule has 2 heterocycles. The summed E-state index contributed by atoms with van der Waals surface area (Å²) in [4.78, 5) is 4.31. The highest BCUT2D eigenvalue weighted by Crippen LogP contribution is 2.35. The summed E-state index contributed by atoms with van der Waals surface area (Å²) in [6.07, 6.45) is 3.63. The average Bonchev–Trinajstić information content (AvgIpc) is 3.10. The number of aromatic nitrogens is 3. The Kier molecular flexibility index (Phi) is 3.70. The van der Waals surface area contributed by atoms with Crippen LogP contribution >= 0.6 is 11.6 Å². The van der Waals surface area contributed by atoms with E-state index in [9.17, 15) is 0 Å². The molecule has 4 rings (SSSR count). The van der Waals surface area contributed by atoms with Crippen LogP contribution in [0.15, 0.2) is 60.9 Å². The molecule has 0 radical (unpaired) electrons. The smallest absolute Gasteiger partial charge is 0.226 e. The molecule has 1 atom stereocenters. The van der Waals surface area contributed by atoms with E-state index in [4.69, 9.17) is 16.3 Å². The lowest BCUT2D eigenvalue weighted by atomic mass is 10.0. The van der Waals surface area contributed by atoms with Gasteiger partial charge >= 0.3 is 0 Å². The van der Waals surface area contributed by atoms with Crippen LogP contribution in [0.3, 0.4) is 0 Å². The summed E-state index contributed by atoms with van der Waals surface area (Å²) < 4.78 is 7.15. The van der Waals surface area contributed by atoms with Gasteiger partial charge in [0.1, 0.15) is 18.1 Å². The molecule has 2 aromatic carbocycles. The summed E-state index contributed by atoms with van der Waals surface area (Å²) in [7, 11) is 1.66. The molecule has 120 valence electrons. The van der Waals surface area contributed by atoms with Crippen LogP contribution in [-0.2, 0) is 0 Å². The molecule has 0 amide bonds. The van der Waals surface area contributed by atoms with Gasteiger partial charge in [-0.2, -0.15) is 10.1 Å². The van der Waals surface area contributed by atoms with E-state index in [1.807, 2.05) is 53.2 Å². The lowest BCUT2D eigenvalue weighted by Gasteiger charge is -2.25. The number of benzene rings is 2. The normalized spacial score (nSPS) is 16.1. The molecule has 0 saturated carbocycles. The number of rotatable bonds is 3. The zero-order valence-electron chi connectivity index (χ0n) is 13.0. The van der Waals surface area contributed by atoms with Crippen molar-refractivity contribution in [2.24, 2.45) is 0 Å². The molecular weight excluding hydrogens is 324 g/mol. The Morgan fingerprint density at radius 2 is 2.04 bits per heavy atom. The zero-order valence-corrected chi connectivity index (χ0v) is 13.7. The van der Waals surface area contributed by atoms with Gasteiger partial charge in [0, 0.05) is 16.3 Å². The number of halogens is 1. The highest BCUT2D eigenvalue weighted by molar-refractivity contribution is 6.31. The third-order valence-electron chi connectivity index (χ3n) is 4.01. The number of methoxy groups -OCH3 is 1. The Morgan fingerprint density at radius 1 is 1.17 bits per heavy atom. The molecule has 1 N–H and O–H groups in total. The minimum Gasteiger partial charge on any atom is -0.497 e. The highest BCUT2D eigenvalue weighted by atomic mass is 35.5. The van der Waals surface area contributed by atoms with E-state index in [0.29, 0.717) is 11.0 Å². The predicted molar refractivity (Wildman–Crippen MR) is 94.2 cm³/mol. The fourth-order valence-corrected chi connectivity index (χ4v) is 3.08. The first-order valence-electron chi connectivity index (χ1n) is 7.53. The molecular formula is C18H15ClN4O. The molecule has 5 nitrogen and oxygen atoms in total. The van der Waals surface area contributed by atoms with Crippen molar-refractivity contribution in [2.75, 3.05) is 12.4 Å². The van der Waals surface area contributed by atoms with Gasteiger partial charge in [0.2, 0.25) is 5.95 Å². The second-order valence-corrected chi connectivity index (χ2v) is 5.84. The van der Waals surface area contributed by atoms with Gasteiger partial charge in [-0.1, -0.05) is 41.9 Å². The summed E-state index contributed by atoms with van der Waals surface area (Å²) in [5.74, 6) is 1.48. The maximum atomic E-state index is 6.40. The zero-order chi connectivity index (χ0) is 16.5. The van der Waals surface area contributed by atoms with Crippen LogP contribution < -0.4 is 10.1 Å². The van der Waals surface area contributed by atoms with E-state index >= 15 is 0 Å². The first-order chi connectivity index (χ1) is 11.8. The number of nitrogens with one attached hydrogen (secondary N) is 1. The number of hydrogen-bond donors (Lipinski definition) is 1. The van der Waals surface area contributed by atoms with Crippen molar-refractivity contribution in [2.45, 2.75) is 6.04 Å². The Bertz CT molecular complexity index is 919. The van der Waals surface area contributed by atoms with Crippen molar-refractivity contribution in [1.82, 2.24) is 14.8 Å². The van der Waals surface area contributed by atoms with Crippen molar-refractivity contribution in [3.05, 3.63) is 77.1 Å². The van der Waals surface area contributed by atoms with Gasteiger partial charge < -0.3 is 10.1 Å². The van der Waals surface area contributed by atoms with Gasteiger partial charge in [-0.05, 0) is 29.8 Å². The van der Waals surface area contributed by atoms with Crippen LogP contribution in [0.5, 0.6) is 5.75 Å². The fourth-order valence-electron chi connectivity index (χ4n) is 2.83. The average molecular weight is 339 g/mol. The number of nitrogens with zero attached hydrogens (tertiary/aromatic N) is 3. The number of anilines is 1. The first-order valence-corrected chi connectivity index (χ1v) is 7.91. The van der Waals surface area contributed by atoms with Gasteiger partial charge in [-0.25, -0.2) is 4.68 Å². The lowest BCUT2D eigenvalue weighted by molar-refractivity contribution is 0.414. The van der Waals surface area contributed by atoms with Gasteiger partial charge in [-0.15, -0.1) is 0 Å². The summed E-state index contributed by atoms with van der Waals surface area (Å²) in [5, 5.41) is 8.35. The molecule has 0 spiro atoms. The molecule has 1 aliphatic rings. The molecule has 0 bridgehead atoms. The van der Waals surface area contributed by atoms with E-state index in [1.165, 1.54) is 6.33 Å². The highest BCUT2D eigenvalue weighted by Gasteiger charge is 2.24. The second kappa shape index (κ2) is 6.02. The number of ether oxygens (including phenoxy) is 1. The Labute approximate surface area is 144 Å². The van der Waals surface area contributed by atoms with E-state index in [2.05, 4.69) is 21.5 Å². The maximum Gasteiger partial charge on any atom is 0.226 e. The molecule has 3 aromatic rings. The Balaban J connectivity index is 1.83. The number of allylic oxidation sites excluding steroid dienone is 1. The molecule has 0 saturated heterocycles. The fraction of sp³-hybridized carbons (Fsp3) is 0.111. The van der Waals surface area contributed by atoms with Gasteiger partial charge in [0.25, 0.3) is 0 Å². The van der Waals surface area contributed by atoms with E-state index < -0.39 is 0 Å². The van der Waals surface area contributed by atoms with Crippen molar-refractivity contribution < 1.29 is 4.74 Å². The van der Waals surface area contributed by atoms with E-state index in [-0.39, 0.29) is 6.04 Å². The van der Waals surface area contributed by atoms with Crippen molar-refractivity contribution in [1.29, 1.82) is 0 Å². The van der Waals surface area contributed by atoms with Crippen LogP contribution in [0.2, 0.25) is 5.02 Å². The number of fused-ring (bicyclic) bond motifs is 1. The summed E-state index contributed by atoms with van der Waals surface area (Å²) in [6, 6.07) is 15.5. The minimum atomic E-state index is -0.126. The minimum absolute atomic E-state index is 0.126. The van der Waals surface area contributed by atoms with Crippen molar-refractivity contribution >= 4 is 23.2 Å². The van der Waals surface area contributed by atoms with Crippen LogP contribution in [0, 0.1) is 0 Å². The van der Waals surface area contributed by atoms with E-state index in [1.54, 1.807) is 7.11 Å². The molecule has 0 unspecified atom stereocenters. The molecule has 0 fully saturated rings. The predicted octanol–water partition coefficient (Wildman–Crippen LogP) is 4.00. The topological polar surface area (TPSA) is 52.0 Å². The quantitative estimate of drug-likeness (QED) is 0.784. The van der Waals surface area contributed by atoms with Crippen LogP contribution in [-0.4, -0.2) is 21.9 Å². The Morgan fingerprint density at radius 3 is 2.88 bits per heavy atom. The Hall–Kier alpha value is -2.79. The standard InChI is InChI=1S/C18H15ClN4O/c1-24-13-6-4-5-12(9-13)16-10-17(14-7-2-3-8-15(14)19)23-18(22-16)20-11-21-23/h2-11,17H,1H3,(H,20,21,22)/t17-/m0/s1. The van der Waals surface area contributed by atoms with Crippen LogP contribution in [0.1, 0.15) is 17.2 Å². The lowest BCUT2D eigenvalue weighted by Crippen LogP contribution is -2.20. The van der Waals surface area contributed by atoms with Gasteiger partial charge in [0.15, 0.2) is 0 Å². The first kappa shape index (κ1) is 14.8. The third kappa shape index (κ3) is 2.53. The van der Waals surface area contributed by atoms with Gasteiger partial charge in [-0.3, -0.25) is 0 Å². The molecule has 0 aliphatic carbocycles. The molecule has 24 heavy (non-hydrogen) atoms. The van der Waals surface area contributed by atoms with E-state index in [0.717, 1.165) is 22.6 Å². The SMILES string of the molecule is COc1cccc(C2=C[C@@H](c3ccccc3Cl)n3ncnc3N2)c1.